The second kappa shape index (κ2) is 6.37. The topological polar surface area (TPSA) is 87.4 Å². The van der Waals surface area contributed by atoms with E-state index in [9.17, 15) is 9.90 Å². The number of halogens is 1. The van der Waals surface area contributed by atoms with Crippen molar-refractivity contribution in [3.8, 4) is 11.3 Å². The molecule has 0 bridgehead atoms. The van der Waals surface area contributed by atoms with E-state index < -0.39 is 5.97 Å². The van der Waals surface area contributed by atoms with Gasteiger partial charge in [0.2, 0.25) is 0 Å². The Bertz CT molecular complexity index is 663. The van der Waals surface area contributed by atoms with Crippen LogP contribution in [0.25, 0.3) is 11.3 Å². The van der Waals surface area contributed by atoms with Crippen LogP contribution in [0.1, 0.15) is 23.2 Å². The van der Waals surface area contributed by atoms with Crippen LogP contribution in [0.3, 0.4) is 0 Å². The van der Waals surface area contributed by atoms with Gasteiger partial charge >= 0.3 is 5.97 Å². The fourth-order valence-electron chi connectivity index (χ4n) is 2.55. The Morgan fingerprint density at radius 1 is 1.41 bits per heavy atom. The maximum Gasteiger partial charge on any atom is 0.343 e. The molecular formula is C15H16ClN3O3. The summed E-state index contributed by atoms with van der Waals surface area (Å²) < 4.78 is 5.27. The fourth-order valence-corrected chi connectivity index (χ4v) is 2.68. The van der Waals surface area contributed by atoms with Gasteiger partial charge in [-0.05, 0) is 43.7 Å². The molecule has 2 heterocycles. The van der Waals surface area contributed by atoms with E-state index in [1.165, 1.54) is 0 Å². The quantitative estimate of drug-likeness (QED) is 0.802. The SMILES string of the molecule is O=C(O)c1c(N[C@@H]2CCCNC2)noc1-c1ccc(Cl)cc1. The molecule has 22 heavy (non-hydrogen) atoms. The Morgan fingerprint density at radius 3 is 2.82 bits per heavy atom. The van der Waals surface area contributed by atoms with Crippen molar-refractivity contribution in [3.63, 3.8) is 0 Å². The van der Waals surface area contributed by atoms with E-state index in [1.807, 2.05) is 0 Å². The highest BCUT2D eigenvalue weighted by molar-refractivity contribution is 6.30. The van der Waals surface area contributed by atoms with Gasteiger partial charge in [-0.25, -0.2) is 4.79 Å². The number of nitrogens with zero attached hydrogens (tertiary/aromatic N) is 1. The molecule has 0 unspecified atom stereocenters. The van der Waals surface area contributed by atoms with Gasteiger partial charge < -0.3 is 20.3 Å². The van der Waals surface area contributed by atoms with Crippen LogP contribution in [0, 0.1) is 0 Å². The molecule has 116 valence electrons. The first-order valence-electron chi connectivity index (χ1n) is 7.11. The van der Waals surface area contributed by atoms with Crippen molar-refractivity contribution >= 4 is 23.4 Å². The van der Waals surface area contributed by atoms with Gasteiger partial charge in [-0.15, -0.1) is 0 Å². The first-order chi connectivity index (χ1) is 10.6. The minimum absolute atomic E-state index is 0.0490. The summed E-state index contributed by atoms with van der Waals surface area (Å²) in [4.78, 5) is 11.6. The van der Waals surface area contributed by atoms with Crippen LogP contribution in [0.4, 0.5) is 5.82 Å². The Hall–Kier alpha value is -2.05. The molecule has 3 rings (SSSR count). The molecule has 0 spiro atoms. The molecule has 7 heteroatoms. The van der Waals surface area contributed by atoms with Crippen molar-refractivity contribution in [3.05, 3.63) is 34.9 Å². The van der Waals surface area contributed by atoms with E-state index in [2.05, 4.69) is 15.8 Å². The smallest absolute Gasteiger partial charge is 0.343 e. The highest BCUT2D eigenvalue weighted by Gasteiger charge is 2.26. The Labute approximate surface area is 132 Å². The zero-order valence-corrected chi connectivity index (χ0v) is 12.6. The van der Waals surface area contributed by atoms with Gasteiger partial charge in [0.25, 0.3) is 0 Å². The molecule has 0 saturated carbocycles. The summed E-state index contributed by atoms with van der Waals surface area (Å²) in [7, 11) is 0. The number of piperidine rings is 1. The van der Waals surface area contributed by atoms with Gasteiger partial charge in [-0.2, -0.15) is 0 Å². The van der Waals surface area contributed by atoms with Gasteiger partial charge in [0.05, 0.1) is 0 Å². The number of aromatic nitrogens is 1. The largest absolute Gasteiger partial charge is 0.477 e. The molecule has 1 atom stereocenters. The lowest BCUT2D eigenvalue weighted by atomic mass is 10.1. The molecule has 0 aliphatic carbocycles. The minimum atomic E-state index is -1.07. The average molecular weight is 322 g/mol. The lowest BCUT2D eigenvalue weighted by Crippen LogP contribution is -2.38. The summed E-state index contributed by atoms with van der Waals surface area (Å²) >= 11 is 5.85. The number of aromatic carboxylic acids is 1. The Balaban J connectivity index is 1.91. The van der Waals surface area contributed by atoms with E-state index >= 15 is 0 Å². The number of rotatable bonds is 4. The second-order valence-corrected chi connectivity index (χ2v) is 5.67. The molecule has 3 N–H and O–H groups in total. The summed E-state index contributed by atoms with van der Waals surface area (Å²) in [5.41, 5.74) is 0.678. The van der Waals surface area contributed by atoms with Crippen LogP contribution in [0.2, 0.25) is 5.02 Å². The van der Waals surface area contributed by atoms with Crippen molar-refractivity contribution in [1.29, 1.82) is 0 Å². The number of carboxylic acids is 1. The van der Waals surface area contributed by atoms with Crippen LogP contribution < -0.4 is 10.6 Å². The lowest BCUT2D eigenvalue weighted by Gasteiger charge is -2.23. The Kier molecular flexibility index (Phi) is 4.31. The van der Waals surface area contributed by atoms with Crippen molar-refractivity contribution in [2.24, 2.45) is 0 Å². The molecule has 0 radical (unpaired) electrons. The first kappa shape index (κ1) is 14.9. The van der Waals surface area contributed by atoms with E-state index in [1.54, 1.807) is 24.3 Å². The number of anilines is 1. The van der Waals surface area contributed by atoms with Crippen LogP contribution in [-0.4, -0.2) is 35.4 Å². The molecule has 0 amide bonds. The normalized spacial score (nSPS) is 18.1. The van der Waals surface area contributed by atoms with Crippen molar-refractivity contribution in [1.82, 2.24) is 10.5 Å². The molecular weight excluding hydrogens is 306 g/mol. The number of nitrogens with one attached hydrogen (secondary N) is 2. The van der Waals surface area contributed by atoms with Gasteiger partial charge in [-0.3, -0.25) is 0 Å². The van der Waals surface area contributed by atoms with Gasteiger partial charge in [0, 0.05) is 23.2 Å². The highest BCUT2D eigenvalue weighted by Crippen LogP contribution is 2.30. The zero-order valence-electron chi connectivity index (χ0n) is 11.8. The molecule has 1 aromatic heterocycles. The van der Waals surface area contributed by atoms with Crippen molar-refractivity contribution in [2.75, 3.05) is 18.4 Å². The monoisotopic (exact) mass is 321 g/mol. The molecule has 1 aromatic carbocycles. The first-order valence-corrected chi connectivity index (χ1v) is 7.49. The van der Waals surface area contributed by atoms with Crippen LogP contribution in [0.15, 0.2) is 28.8 Å². The van der Waals surface area contributed by atoms with Crippen LogP contribution >= 0.6 is 11.6 Å². The summed E-state index contributed by atoms with van der Waals surface area (Å²) in [6.07, 6.45) is 2.01. The van der Waals surface area contributed by atoms with Crippen molar-refractivity contribution < 1.29 is 14.4 Å². The van der Waals surface area contributed by atoms with E-state index in [4.69, 9.17) is 16.1 Å². The lowest BCUT2D eigenvalue weighted by molar-refractivity contribution is 0.0698. The van der Waals surface area contributed by atoms with Gasteiger partial charge in [0.1, 0.15) is 0 Å². The van der Waals surface area contributed by atoms with E-state index in [0.29, 0.717) is 10.6 Å². The number of hydrogen-bond acceptors (Lipinski definition) is 5. The second-order valence-electron chi connectivity index (χ2n) is 5.23. The predicted molar refractivity (Wildman–Crippen MR) is 83.4 cm³/mol. The van der Waals surface area contributed by atoms with Crippen LogP contribution in [0.5, 0.6) is 0 Å². The molecule has 2 aromatic rings. The van der Waals surface area contributed by atoms with Crippen molar-refractivity contribution in [2.45, 2.75) is 18.9 Å². The zero-order chi connectivity index (χ0) is 15.5. The maximum atomic E-state index is 11.6. The standard InChI is InChI=1S/C15H16ClN3O3/c16-10-5-3-9(4-6-10)13-12(15(20)21)14(19-22-13)18-11-2-1-7-17-8-11/h3-6,11,17H,1-2,7-8H2,(H,18,19)(H,20,21)/t11-/m1/s1. The third kappa shape index (κ3) is 3.08. The number of benzene rings is 1. The number of carboxylic acid groups (broad SMARTS) is 1. The van der Waals surface area contributed by atoms with Crippen LogP contribution in [-0.2, 0) is 0 Å². The third-order valence-electron chi connectivity index (χ3n) is 3.65. The molecule has 1 fully saturated rings. The summed E-state index contributed by atoms with van der Waals surface area (Å²) in [6, 6.07) is 6.93. The average Bonchev–Trinajstić information content (AvgIpc) is 2.93. The molecule has 6 nitrogen and oxygen atoms in total. The molecule has 1 aliphatic heterocycles. The third-order valence-corrected chi connectivity index (χ3v) is 3.90. The molecule has 1 aliphatic rings. The highest BCUT2D eigenvalue weighted by atomic mass is 35.5. The minimum Gasteiger partial charge on any atom is -0.477 e. The maximum absolute atomic E-state index is 11.6. The summed E-state index contributed by atoms with van der Waals surface area (Å²) in [5, 5.41) is 20.4. The van der Waals surface area contributed by atoms with Gasteiger partial charge in [0.15, 0.2) is 17.1 Å². The van der Waals surface area contributed by atoms with E-state index in [0.717, 1.165) is 25.9 Å². The van der Waals surface area contributed by atoms with Gasteiger partial charge in [-0.1, -0.05) is 16.8 Å². The summed E-state index contributed by atoms with van der Waals surface area (Å²) in [6.45, 7) is 1.76. The Morgan fingerprint density at radius 2 is 2.18 bits per heavy atom. The summed E-state index contributed by atoms with van der Waals surface area (Å²) in [5.74, 6) is -0.570. The number of hydrogen-bond donors (Lipinski definition) is 3. The van der Waals surface area contributed by atoms with E-state index in [-0.39, 0.29) is 23.2 Å². The number of carbonyl (C=O) groups is 1. The predicted octanol–water partition coefficient (Wildman–Crippen LogP) is 2.86. The fraction of sp³-hybridized carbons (Fsp3) is 0.333. The molecule has 1 saturated heterocycles.